The fourth-order valence-electron chi connectivity index (χ4n) is 2.34. The second kappa shape index (κ2) is 19.7. The van der Waals surface area contributed by atoms with Crippen LogP contribution >= 0.6 is 0 Å². The first-order valence-corrected chi connectivity index (χ1v) is 8.62. The van der Waals surface area contributed by atoms with Gasteiger partial charge in [0.15, 0.2) is 0 Å². The molecule has 0 unspecified atom stereocenters. The smallest absolute Gasteiger partial charge is 0.550 e. The Balaban J connectivity index is 0. The van der Waals surface area contributed by atoms with Crippen molar-refractivity contribution < 1.29 is 9.90 Å². The molecule has 0 aliphatic carbocycles. The van der Waals surface area contributed by atoms with Crippen LogP contribution in [0.3, 0.4) is 0 Å². The first-order valence-electron chi connectivity index (χ1n) is 8.62. The molecule has 0 aromatic heterocycles. The van der Waals surface area contributed by atoms with E-state index in [1.807, 2.05) is 0 Å². The Morgan fingerprint density at radius 1 is 0.762 bits per heavy atom. The van der Waals surface area contributed by atoms with Gasteiger partial charge in [0.05, 0.1) is 0 Å². The Bertz CT molecular complexity index is 239. The summed E-state index contributed by atoms with van der Waals surface area (Å²) in [5.74, 6) is -0.914. The molecule has 0 aromatic rings. The summed E-state index contributed by atoms with van der Waals surface area (Å²) >= 11 is 0. The van der Waals surface area contributed by atoms with Gasteiger partial charge in [-0.05, 0) is 38.5 Å². The third-order valence-electron chi connectivity index (χ3n) is 3.64. The summed E-state index contributed by atoms with van der Waals surface area (Å²) in [5, 5.41) is 10.2. The zero-order chi connectivity index (χ0) is 14.9. The molecule has 0 bridgehead atoms. The number of rotatable bonds is 15. The van der Waals surface area contributed by atoms with Crippen molar-refractivity contribution in [3.8, 4) is 0 Å². The van der Waals surface area contributed by atoms with Crippen LogP contribution in [-0.4, -0.2) is 23.3 Å². The average Bonchev–Trinajstić information content (AvgIpc) is 2.43. The minimum atomic E-state index is -0.914. The van der Waals surface area contributed by atoms with Crippen LogP contribution in [0.15, 0.2) is 12.2 Å². The van der Waals surface area contributed by atoms with E-state index in [0.717, 1.165) is 19.3 Å². The molecule has 0 amide bonds. The molecule has 0 saturated carbocycles. The number of carboxylic acid groups (broad SMARTS) is 1. The Morgan fingerprint density at radius 2 is 1.19 bits per heavy atom. The number of aliphatic carboxylic acids is 1. The molecule has 2 radical (unpaired) electrons. The second-order valence-corrected chi connectivity index (χ2v) is 5.71. The number of hydrogen-bond donors (Lipinski definition) is 0. The number of carbonyl (C=O) groups is 1. The van der Waals surface area contributed by atoms with E-state index in [1.165, 1.54) is 64.2 Å². The van der Waals surface area contributed by atoms with Crippen LogP contribution < -0.4 is 5.11 Å². The van der Waals surface area contributed by atoms with E-state index in [2.05, 4.69) is 19.1 Å². The quantitative estimate of drug-likeness (QED) is 0.256. The van der Waals surface area contributed by atoms with Crippen molar-refractivity contribution >= 4 is 23.3 Å². The van der Waals surface area contributed by atoms with E-state index in [9.17, 15) is 9.90 Å². The van der Waals surface area contributed by atoms with Crippen LogP contribution in [0.25, 0.3) is 0 Å². The zero-order valence-corrected chi connectivity index (χ0v) is 15.1. The van der Waals surface area contributed by atoms with Gasteiger partial charge in [0.1, 0.15) is 0 Å². The van der Waals surface area contributed by atoms with E-state index >= 15 is 0 Å². The molecule has 0 fully saturated rings. The molecule has 120 valence electrons. The molecule has 0 spiro atoms. The van der Waals surface area contributed by atoms with E-state index in [1.54, 1.807) is 0 Å². The van der Waals surface area contributed by atoms with Gasteiger partial charge in [-0.2, -0.15) is 0 Å². The number of unbranched alkanes of at least 4 members (excludes halogenated alkanes) is 11. The number of hydrogen-bond acceptors (Lipinski definition) is 2. The summed E-state index contributed by atoms with van der Waals surface area (Å²) in [7, 11) is 0. The van der Waals surface area contributed by atoms with Crippen molar-refractivity contribution in [2.75, 3.05) is 0 Å². The van der Waals surface area contributed by atoms with Gasteiger partial charge in [-0.15, -0.1) is 0 Å². The second-order valence-electron chi connectivity index (χ2n) is 5.71. The molecule has 2 nitrogen and oxygen atoms in total. The predicted octanol–water partition coefficient (Wildman–Crippen LogP) is 4.39. The molecule has 0 saturated heterocycles. The van der Waals surface area contributed by atoms with Gasteiger partial charge in [0.25, 0.3) is 0 Å². The minimum absolute atomic E-state index is 0. The fraction of sp³-hybridized carbons (Fsp3) is 0.833. The van der Waals surface area contributed by atoms with Gasteiger partial charge in [-0.3, -0.25) is 0 Å². The predicted molar refractivity (Wildman–Crippen MR) is 90.2 cm³/mol. The van der Waals surface area contributed by atoms with E-state index in [-0.39, 0.29) is 23.8 Å². The summed E-state index contributed by atoms with van der Waals surface area (Å²) in [6, 6.07) is 0. The van der Waals surface area contributed by atoms with Gasteiger partial charge in [0, 0.05) is 5.97 Å². The Labute approximate surface area is 142 Å². The van der Waals surface area contributed by atoms with Crippen molar-refractivity contribution in [3.63, 3.8) is 0 Å². The van der Waals surface area contributed by atoms with E-state index in [0.29, 0.717) is 0 Å². The SMILES string of the molecule is CCCCCCCCC=CCCCCCCCC(=O)[O-].[Al+]. The monoisotopic (exact) mass is 308 g/mol. The van der Waals surface area contributed by atoms with Crippen molar-refractivity contribution in [3.05, 3.63) is 12.2 Å². The first-order chi connectivity index (χ1) is 9.77. The number of carboxylic acids is 1. The van der Waals surface area contributed by atoms with Crippen LogP contribution in [0.4, 0.5) is 0 Å². The molecular weight excluding hydrogens is 275 g/mol. The maximum Gasteiger partial charge on any atom is 1.00 e. The summed E-state index contributed by atoms with van der Waals surface area (Å²) in [5.41, 5.74) is 0. The summed E-state index contributed by atoms with van der Waals surface area (Å²) < 4.78 is 0. The number of allylic oxidation sites excluding steroid dienone is 2. The minimum Gasteiger partial charge on any atom is -0.550 e. The Hall–Kier alpha value is -0.258. The molecule has 3 heteroatoms. The summed E-state index contributed by atoms with van der Waals surface area (Å²) in [6.45, 7) is 2.26. The third kappa shape index (κ3) is 22.2. The van der Waals surface area contributed by atoms with Crippen LogP contribution in [-0.2, 0) is 4.79 Å². The Morgan fingerprint density at radius 3 is 1.67 bits per heavy atom. The summed E-state index contributed by atoms with van der Waals surface area (Å²) in [4.78, 5) is 10.2. The van der Waals surface area contributed by atoms with Crippen molar-refractivity contribution in [1.82, 2.24) is 0 Å². The molecule has 0 aliphatic heterocycles. The molecule has 0 aromatic carbocycles. The average molecular weight is 308 g/mol. The van der Waals surface area contributed by atoms with Crippen molar-refractivity contribution in [2.24, 2.45) is 0 Å². The standard InChI is InChI=1S/C18H34O2.Al/c1-2-3-4-5-6-7-8-9-10-11-12-13-14-15-16-17-18(19)20;/h9-10H,2-8,11-17H2,1H3,(H,19,20);/q;+1/p-1. The van der Waals surface area contributed by atoms with Gasteiger partial charge in [-0.25, -0.2) is 0 Å². The molecule has 21 heavy (non-hydrogen) atoms. The molecular formula is C18H33AlO2. The van der Waals surface area contributed by atoms with Crippen LogP contribution in [0, 0.1) is 0 Å². The number of carbonyl (C=O) groups excluding carboxylic acids is 1. The largest absolute Gasteiger partial charge is 1.00 e. The molecule has 0 rings (SSSR count). The molecule has 0 N–H and O–H groups in total. The topological polar surface area (TPSA) is 40.1 Å². The van der Waals surface area contributed by atoms with Crippen LogP contribution in [0.5, 0.6) is 0 Å². The third-order valence-corrected chi connectivity index (χ3v) is 3.64. The first kappa shape index (κ1) is 23.0. The van der Waals surface area contributed by atoms with Gasteiger partial charge >= 0.3 is 17.4 Å². The molecule has 0 heterocycles. The maximum absolute atomic E-state index is 10.2. The zero-order valence-electron chi connectivity index (χ0n) is 13.9. The maximum atomic E-state index is 10.2. The van der Waals surface area contributed by atoms with Gasteiger partial charge in [-0.1, -0.05) is 70.4 Å². The fourth-order valence-corrected chi connectivity index (χ4v) is 2.34. The van der Waals surface area contributed by atoms with Gasteiger partial charge in [0.2, 0.25) is 0 Å². The van der Waals surface area contributed by atoms with Gasteiger partial charge < -0.3 is 9.90 Å². The Kier molecular flexibility index (Phi) is 21.6. The summed E-state index contributed by atoms with van der Waals surface area (Å²) in [6.07, 6.45) is 20.9. The normalized spacial score (nSPS) is 10.7. The van der Waals surface area contributed by atoms with E-state index in [4.69, 9.17) is 0 Å². The van der Waals surface area contributed by atoms with Crippen LogP contribution in [0.2, 0.25) is 0 Å². The van der Waals surface area contributed by atoms with E-state index < -0.39 is 5.97 Å². The van der Waals surface area contributed by atoms with Crippen LogP contribution in [0.1, 0.15) is 96.8 Å². The van der Waals surface area contributed by atoms with Crippen molar-refractivity contribution in [1.29, 1.82) is 0 Å². The molecule has 0 aliphatic rings. The van der Waals surface area contributed by atoms with Crippen molar-refractivity contribution in [2.45, 2.75) is 96.8 Å². The molecule has 0 atom stereocenters.